The highest BCUT2D eigenvalue weighted by molar-refractivity contribution is 9.11. The molecule has 1 atom stereocenters. The molecular formula is C15H12Br2O3. The van der Waals surface area contributed by atoms with E-state index in [2.05, 4.69) is 31.9 Å². The number of hydrogen-bond donors (Lipinski definition) is 1. The Bertz CT molecular complexity index is 576. The van der Waals surface area contributed by atoms with E-state index >= 15 is 0 Å². The van der Waals surface area contributed by atoms with Gasteiger partial charge < -0.3 is 9.84 Å². The zero-order valence-electron chi connectivity index (χ0n) is 10.4. The number of rotatable bonds is 5. The van der Waals surface area contributed by atoms with Gasteiger partial charge in [-0.1, -0.05) is 30.3 Å². The normalized spacial score (nSPS) is 11.9. The Labute approximate surface area is 133 Å². The third-order valence-electron chi connectivity index (χ3n) is 2.73. The first-order valence-electron chi connectivity index (χ1n) is 5.92. The topological polar surface area (TPSA) is 46.5 Å². The molecule has 1 unspecified atom stereocenters. The first kappa shape index (κ1) is 15.2. The summed E-state index contributed by atoms with van der Waals surface area (Å²) in [4.78, 5) is 10.8. The number of carbonyl (C=O) groups excluding carboxylic acids is 1. The number of ether oxygens (including phenoxy) is 1. The third-order valence-corrected chi connectivity index (χ3v) is 3.90. The number of halogens is 2. The van der Waals surface area contributed by atoms with Crippen molar-refractivity contribution < 1.29 is 14.6 Å². The van der Waals surface area contributed by atoms with Gasteiger partial charge in [0.15, 0.2) is 0 Å². The van der Waals surface area contributed by atoms with E-state index in [4.69, 9.17) is 4.74 Å². The summed E-state index contributed by atoms with van der Waals surface area (Å²) in [6, 6.07) is 12.6. The van der Waals surface area contributed by atoms with Crippen LogP contribution < -0.4 is 4.74 Å². The third kappa shape index (κ3) is 3.69. The Hall–Kier alpha value is -1.17. The van der Waals surface area contributed by atoms with Crippen LogP contribution in [0, 0.1) is 0 Å². The first-order valence-corrected chi connectivity index (χ1v) is 7.50. The van der Waals surface area contributed by atoms with Crippen molar-refractivity contribution in [2.45, 2.75) is 6.10 Å². The lowest BCUT2D eigenvalue weighted by molar-refractivity contribution is 0.107. The van der Waals surface area contributed by atoms with Crippen molar-refractivity contribution in [1.82, 2.24) is 0 Å². The van der Waals surface area contributed by atoms with Crippen LogP contribution in [0.1, 0.15) is 22.0 Å². The maximum absolute atomic E-state index is 10.8. The summed E-state index contributed by atoms with van der Waals surface area (Å²) < 4.78 is 6.95. The highest BCUT2D eigenvalue weighted by Crippen LogP contribution is 2.35. The molecule has 2 aromatic carbocycles. The Kier molecular flexibility index (Phi) is 5.34. The van der Waals surface area contributed by atoms with Crippen molar-refractivity contribution in [2.24, 2.45) is 0 Å². The average molecular weight is 400 g/mol. The number of carbonyl (C=O) groups is 1. The van der Waals surface area contributed by atoms with E-state index in [1.807, 2.05) is 30.3 Å². The Balaban J connectivity index is 2.10. The van der Waals surface area contributed by atoms with Crippen molar-refractivity contribution in [2.75, 3.05) is 6.61 Å². The minimum absolute atomic E-state index is 0.127. The number of benzene rings is 2. The van der Waals surface area contributed by atoms with Crippen molar-refractivity contribution in [3.05, 3.63) is 62.5 Å². The van der Waals surface area contributed by atoms with Gasteiger partial charge >= 0.3 is 0 Å². The van der Waals surface area contributed by atoms with Crippen LogP contribution in [0.2, 0.25) is 0 Å². The lowest BCUT2D eigenvalue weighted by Crippen LogP contribution is -2.10. The Morgan fingerprint density at radius 2 is 1.75 bits per heavy atom. The van der Waals surface area contributed by atoms with Gasteiger partial charge in [0.05, 0.1) is 8.95 Å². The van der Waals surface area contributed by atoms with E-state index < -0.39 is 6.10 Å². The minimum atomic E-state index is -0.708. The van der Waals surface area contributed by atoms with Crippen molar-refractivity contribution in [3.63, 3.8) is 0 Å². The lowest BCUT2D eigenvalue weighted by atomic mass is 10.1. The van der Waals surface area contributed by atoms with Gasteiger partial charge in [0.1, 0.15) is 24.7 Å². The monoisotopic (exact) mass is 398 g/mol. The summed E-state index contributed by atoms with van der Waals surface area (Å²) >= 11 is 6.70. The summed E-state index contributed by atoms with van der Waals surface area (Å²) in [6.07, 6.45) is 0.0544. The molecule has 0 aliphatic rings. The van der Waals surface area contributed by atoms with Crippen LogP contribution in [0.15, 0.2) is 51.4 Å². The predicted octanol–water partition coefficient (Wildman–Crippen LogP) is 4.14. The van der Waals surface area contributed by atoms with Crippen LogP contribution in [0.5, 0.6) is 5.75 Å². The van der Waals surface area contributed by atoms with Gasteiger partial charge in [0.2, 0.25) is 0 Å². The molecule has 5 heteroatoms. The maximum Gasteiger partial charge on any atom is 0.150 e. The summed E-state index contributed by atoms with van der Waals surface area (Å²) in [5, 5.41) is 10.1. The SMILES string of the molecule is O=Cc1cc(Br)c(OCC(O)c2ccccc2)c(Br)c1. The molecule has 2 rings (SSSR count). The van der Waals surface area contributed by atoms with Crippen LogP contribution in [0.25, 0.3) is 0 Å². The largest absolute Gasteiger partial charge is 0.488 e. The lowest BCUT2D eigenvalue weighted by Gasteiger charge is -2.15. The molecule has 0 bridgehead atoms. The molecular weight excluding hydrogens is 388 g/mol. The van der Waals surface area contributed by atoms with Gasteiger partial charge in [-0.15, -0.1) is 0 Å². The summed E-state index contributed by atoms with van der Waals surface area (Å²) in [5.74, 6) is 0.561. The molecule has 0 saturated carbocycles. The van der Waals surface area contributed by atoms with E-state index in [9.17, 15) is 9.90 Å². The molecule has 0 aliphatic carbocycles. The number of aldehydes is 1. The molecule has 20 heavy (non-hydrogen) atoms. The van der Waals surface area contributed by atoms with E-state index in [1.54, 1.807) is 12.1 Å². The highest BCUT2D eigenvalue weighted by Gasteiger charge is 2.12. The van der Waals surface area contributed by atoms with Gasteiger partial charge in [-0.2, -0.15) is 0 Å². The van der Waals surface area contributed by atoms with Crippen LogP contribution in [0.3, 0.4) is 0 Å². The summed E-state index contributed by atoms with van der Waals surface area (Å²) in [6.45, 7) is 0.127. The van der Waals surface area contributed by atoms with Crippen LogP contribution in [-0.4, -0.2) is 18.0 Å². The fourth-order valence-corrected chi connectivity index (χ4v) is 3.17. The van der Waals surface area contributed by atoms with Gasteiger partial charge in [-0.25, -0.2) is 0 Å². The quantitative estimate of drug-likeness (QED) is 0.768. The molecule has 1 N–H and O–H groups in total. The van der Waals surface area contributed by atoms with Crippen LogP contribution in [0.4, 0.5) is 0 Å². The summed E-state index contributed by atoms with van der Waals surface area (Å²) in [5.41, 5.74) is 1.34. The molecule has 0 radical (unpaired) electrons. The van der Waals surface area contributed by atoms with Gasteiger partial charge in [-0.3, -0.25) is 4.79 Å². The first-order chi connectivity index (χ1) is 9.61. The molecule has 0 aliphatic heterocycles. The molecule has 0 amide bonds. The van der Waals surface area contributed by atoms with Crippen LogP contribution in [-0.2, 0) is 0 Å². The predicted molar refractivity (Wildman–Crippen MR) is 84.1 cm³/mol. The second kappa shape index (κ2) is 7.02. The zero-order valence-corrected chi connectivity index (χ0v) is 13.6. The van der Waals surface area contributed by atoms with Crippen molar-refractivity contribution in [1.29, 1.82) is 0 Å². The zero-order chi connectivity index (χ0) is 14.5. The smallest absolute Gasteiger partial charge is 0.150 e. The van der Waals surface area contributed by atoms with E-state index in [0.29, 0.717) is 20.3 Å². The van der Waals surface area contributed by atoms with E-state index in [1.165, 1.54) is 0 Å². The number of aliphatic hydroxyl groups is 1. The minimum Gasteiger partial charge on any atom is -0.488 e. The Morgan fingerprint density at radius 3 is 2.30 bits per heavy atom. The molecule has 0 aromatic heterocycles. The Morgan fingerprint density at radius 1 is 1.15 bits per heavy atom. The van der Waals surface area contributed by atoms with Gasteiger partial charge in [0.25, 0.3) is 0 Å². The molecule has 0 fully saturated rings. The van der Waals surface area contributed by atoms with Crippen molar-refractivity contribution >= 4 is 38.1 Å². The van der Waals surface area contributed by atoms with Gasteiger partial charge in [0, 0.05) is 5.56 Å². The molecule has 2 aromatic rings. The molecule has 104 valence electrons. The van der Waals surface area contributed by atoms with Crippen LogP contribution >= 0.6 is 31.9 Å². The fourth-order valence-electron chi connectivity index (χ4n) is 1.72. The maximum atomic E-state index is 10.8. The van der Waals surface area contributed by atoms with E-state index in [0.717, 1.165) is 11.8 Å². The molecule has 0 spiro atoms. The number of hydrogen-bond acceptors (Lipinski definition) is 3. The average Bonchev–Trinajstić information content (AvgIpc) is 2.46. The highest BCUT2D eigenvalue weighted by atomic mass is 79.9. The fraction of sp³-hybridized carbons (Fsp3) is 0.133. The molecule has 0 saturated heterocycles. The molecule has 3 nitrogen and oxygen atoms in total. The van der Waals surface area contributed by atoms with Crippen molar-refractivity contribution in [3.8, 4) is 5.75 Å². The van der Waals surface area contributed by atoms with E-state index in [-0.39, 0.29) is 6.61 Å². The molecule has 0 heterocycles. The summed E-state index contributed by atoms with van der Waals surface area (Å²) in [7, 11) is 0. The van der Waals surface area contributed by atoms with Gasteiger partial charge in [-0.05, 0) is 49.6 Å². The number of aliphatic hydroxyl groups excluding tert-OH is 1. The second-order valence-electron chi connectivity index (χ2n) is 4.17. The second-order valence-corrected chi connectivity index (χ2v) is 5.88. The standard InChI is InChI=1S/C15H12Br2O3/c16-12-6-10(8-18)7-13(17)15(12)20-9-14(19)11-4-2-1-3-5-11/h1-8,14,19H,9H2.